The molecule has 0 aliphatic heterocycles. The van der Waals surface area contributed by atoms with Crippen molar-refractivity contribution < 1.29 is 0 Å². The summed E-state index contributed by atoms with van der Waals surface area (Å²) < 4.78 is 0. The van der Waals surface area contributed by atoms with Crippen molar-refractivity contribution in [3.63, 3.8) is 0 Å². The first-order valence-corrected chi connectivity index (χ1v) is 50.9. The van der Waals surface area contributed by atoms with Crippen LogP contribution in [0.4, 0.5) is 0 Å². The van der Waals surface area contributed by atoms with Gasteiger partial charge in [-0.05, 0) is 136 Å². The van der Waals surface area contributed by atoms with Gasteiger partial charge in [-0.1, -0.05) is 566 Å². The molecule has 0 aromatic heterocycles. The smallest absolute Gasteiger partial charge is 0.0394 e. The third-order valence-corrected chi connectivity index (χ3v) is 28.3. The Hall–Kier alpha value is 0. The standard InChI is InChI=1S/9C12H26/c2*1-6-11(4)8-7-9-12(5)10(2)3;1-6-12(11(4)5)9-7-8-10(2)3;1-6-10(3)8-9-12(5)11(4)7-2;1-6-12(7-2)9-8-11(5)10(3)4;1-5-8-12(4)10-7-9-11(3)6-2;3*1-5-11(4)9-8-10-12(6-2)7-3/h5*10-12H,6-9H2,1-5H3;4*11-12H,5-10H2,1-4H3. The van der Waals surface area contributed by atoms with Crippen molar-refractivity contribution in [1.82, 2.24) is 0 Å². The topological polar surface area (TPSA) is 0 Å². The molecule has 14 unspecified atom stereocenters. The van der Waals surface area contributed by atoms with Crippen LogP contribution in [-0.4, -0.2) is 0 Å². The van der Waals surface area contributed by atoms with Crippen molar-refractivity contribution >= 4 is 0 Å². The Balaban J connectivity index is -0.000000146. The lowest BCUT2D eigenvalue weighted by atomic mass is 9.87. The maximum Gasteiger partial charge on any atom is -0.0394 e. The molecule has 0 saturated heterocycles. The lowest BCUT2D eigenvalue weighted by Gasteiger charge is -2.19. The molecule has 0 bridgehead atoms. The second-order valence-corrected chi connectivity index (χ2v) is 39.7. The molecule has 0 heterocycles. The van der Waals surface area contributed by atoms with Crippen LogP contribution < -0.4 is 0 Å². The Morgan fingerprint density at radius 3 is 0.602 bits per heavy atom. The van der Waals surface area contributed by atoms with E-state index in [0.29, 0.717) is 0 Å². The normalized spacial score (nSPS) is 15.3. The molecule has 0 nitrogen and oxygen atoms in total. The van der Waals surface area contributed by atoms with E-state index < -0.39 is 0 Å². The molecule has 0 rings (SSSR count). The largest absolute Gasteiger partial charge is 0.0654 e. The van der Waals surface area contributed by atoms with Crippen molar-refractivity contribution in [2.75, 3.05) is 0 Å². The number of hydrogen-bond acceptors (Lipinski definition) is 0. The minimum Gasteiger partial charge on any atom is -0.0654 e. The van der Waals surface area contributed by atoms with Gasteiger partial charge in [0.2, 0.25) is 0 Å². The highest BCUT2D eigenvalue weighted by Gasteiger charge is 2.15. The lowest BCUT2D eigenvalue weighted by molar-refractivity contribution is 0.322. The van der Waals surface area contributed by atoms with E-state index in [1.165, 1.54) is 283 Å². The molecule has 0 spiro atoms. The van der Waals surface area contributed by atoms with E-state index in [1.54, 1.807) is 0 Å². The number of rotatable bonds is 58. The zero-order valence-corrected chi connectivity index (χ0v) is 85.4. The molecular weight excluding hydrogens is 1300 g/mol. The third kappa shape index (κ3) is 98.4. The van der Waals surface area contributed by atoms with Crippen LogP contribution in [0.3, 0.4) is 0 Å². The summed E-state index contributed by atoms with van der Waals surface area (Å²) in [6.45, 7) is 95.6. The van der Waals surface area contributed by atoms with Gasteiger partial charge in [0.25, 0.3) is 0 Å². The van der Waals surface area contributed by atoms with Crippen molar-refractivity contribution in [3.05, 3.63) is 0 Å². The van der Waals surface area contributed by atoms with Gasteiger partial charge in [0, 0.05) is 0 Å². The highest BCUT2D eigenvalue weighted by atomic mass is 14.2. The summed E-state index contributed by atoms with van der Waals surface area (Å²) in [6.07, 6.45) is 61.7. The van der Waals surface area contributed by atoms with Crippen molar-refractivity contribution in [2.45, 2.75) is 566 Å². The van der Waals surface area contributed by atoms with E-state index in [2.05, 4.69) is 284 Å². The van der Waals surface area contributed by atoms with E-state index in [4.69, 9.17) is 0 Å². The van der Waals surface area contributed by atoms with E-state index in [9.17, 15) is 0 Å². The van der Waals surface area contributed by atoms with Crippen molar-refractivity contribution in [1.29, 1.82) is 0 Å². The minimum absolute atomic E-state index is 0.861. The third-order valence-electron chi connectivity index (χ3n) is 28.3. The Labute approximate surface area is 698 Å². The van der Waals surface area contributed by atoms with Gasteiger partial charge in [-0.15, -0.1) is 0 Å². The highest BCUT2D eigenvalue weighted by Crippen LogP contribution is 2.28. The molecule has 0 heteroatoms. The molecule has 0 aromatic rings. The summed E-state index contributed by atoms with van der Waals surface area (Å²) in [7, 11) is 0. The molecular formula is C108H234. The second kappa shape index (κ2) is 94.2. The molecule has 14 atom stereocenters. The average molecular weight is 1530 g/mol. The van der Waals surface area contributed by atoms with Crippen LogP contribution in [0.5, 0.6) is 0 Å². The Bertz CT molecular complexity index is 1390. The zero-order chi connectivity index (χ0) is 85.4. The van der Waals surface area contributed by atoms with E-state index in [0.717, 1.165) is 136 Å². The van der Waals surface area contributed by atoms with E-state index in [-0.39, 0.29) is 0 Å². The Kier molecular flexibility index (Phi) is 110. The first-order chi connectivity index (χ1) is 50.9. The monoisotopic (exact) mass is 1530 g/mol. The molecule has 0 aliphatic carbocycles. The van der Waals surface area contributed by atoms with Gasteiger partial charge in [0.1, 0.15) is 0 Å². The summed E-state index contributed by atoms with van der Waals surface area (Å²) >= 11 is 0. The molecule has 0 aromatic carbocycles. The fraction of sp³-hybridized carbons (Fsp3) is 1.00. The quantitative estimate of drug-likeness (QED) is 0.0569. The van der Waals surface area contributed by atoms with Crippen LogP contribution >= 0.6 is 0 Å². The lowest BCUT2D eigenvalue weighted by Crippen LogP contribution is -2.08. The van der Waals surface area contributed by atoms with Gasteiger partial charge in [0.15, 0.2) is 0 Å². The fourth-order valence-electron chi connectivity index (χ4n) is 14.0. The van der Waals surface area contributed by atoms with Crippen LogP contribution in [0.1, 0.15) is 566 Å². The molecule has 0 radical (unpaired) electrons. The van der Waals surface area contributed by atoms with Gasteiger partial charge in [-0.3, -0.25) is 0 Å². The van der Waals surface area contributed by atoms with E-state index >= 15 is 0 Å². The molecule has 0 aliphatic rings. The maximum atomic E-state index is 2.40. The van der Waals surface area contributed by atoms with Crippen molar-refractivity contribution in [3.8, 4) is 0 Å². The van der Waals surface area contributed by atoms with Crippen LogP contribution in [-0.2, 0) is 0 Å². The van der Waals surface area contributed by atoms with Crippen LogP contribution in [0.2, 0.25) is 0 Å². The molecule has 0 saturated carbocycles. The summed E-state index contributed by atoms with van der Waals surface area (Å²) in [5.41, 5.74) is 0. The summed E-state index contributed by atoms with van der Waals surface area (Å²) in [6, 6.07) is 0. The SMILES string of the molecule is CCC(C)CCC(C)C(C)CC.CCC(C)CCCC(C)C(C)C.CCC(C)CCCC(C)C(C)C.CCC(C)CCCC(CC)CC.CCC(C)CCCC(CC)CC.CCC(C)CCCC(CC)CC.CCC(CC)CCC(C)C(C)C.CCC(CCCC(C)C)C(C)C.CCCC(C)CCCC(C)CC. The Morgan fingerprint density at radius 1 is 0.139 bits per heavy atom. The maximum absolute atomic E-state index is 2.40. The first kappa shape index (κ1) is 126. The summed E-state index contributed by atoms with van der Waals surface area (Å²) in [4.78, 5) is 0. The zero-order valence-electron chi connectivity index (χ0n) is 85.4. The molecule has 666 valence electrons. The minimum atomic E-state index is 0.861. The predicted molar refractivity (Wildman–Crippen MR) is 516 cm³/mol. The van der Waals surface area contributed by atoms with Crippen LogP contribution in [0.15, 0.2) is 0 Å². The van der Waals surface area contributed by atoms with Gasteiger partial charge in [-0.25, -0.2) is 0 Å². The molecule has 0 fully saturated rings. The predicted octanol–water partition coefficient (Wildman–Crippen LogP) is 41.0. The first-order valence-electron chi connectivity index (χ1n) is 50.9. The van der Waals surface area contributed by atoms with Crippen molar-refractivity contribution in [2.24, 2.45) is 136 Å². The van der Waals surface area contributed by atoms with Crippen LogP contribution in [0, 0.1) is 136 Å². The van der Waals surface area contributed by atoms with Gasteiger partial charge in [0.05, 0.1) is 0 Å². The molecule has 108 heavy (non-hydrogen) atoms. The van der Waals surface area contributed by atoms with Gasteiger partial charge >= 0.3 is 0 Å². The Morgan fingerprint density at radius 2 is 0.370 bits per heavy atom. The fourth-order valence-corrected chi connectivity index (χ4v) is 14.0. The number of hydrogen-bond donors (Lipinski definition) is 0. The van der Waals surface area contributed by atoms with Gasteiger partial charge in [-0.2, -0.15) is 0 Å². The second-order valence-electron chi connectivity index (χ2n) is 39.7. The molecule has 0 amide bonds. The highest BCUT2D eigenvalue weighted by molar-refractivity contribution is 4.67. The van der Waals surface area contributed by atoms with Crippen LogP contribution in [0.25, 0.3) is 0 Å². The van der Waals surface area contributed by atoms with E-state index in [1.807, 2.05) is 0 Å². The summed E-state index contributed by atoms with van der Waals surface area (Å²) in [5.74, 6) is 21.4. The molecule has 0 N–H and O–H groups in total. The average Bonchev–Trinajstić information content (AvgIpc) is 0.999. The summed E-state index contributed by atoms with van der Waals surface area (Å²) in [5, 5.41) is 0. The van der Waals surface area contributed by atoms with Gasteiger partial charge < -0.3 is 0 Å².